The summed E-state index contributed by atoms with van der Waals surface area (Å²) in [5, 5.41) is 9.33. The van der Waals surface area contributed by atoms with E-state index < -0.39 is 11.8 Å². The Labute approximate surface area is 109 Å². The van der Waals surface area contributed by atoms with E-state index in [1.165, 1.54) is 15.5 Å². The maximum absolute atomic E-state index is 11.7. The quantitative estimate of drug-likeness (QED) is 0.730. The number of carbonyl (C=O) groups is 1. The summed E-state index contributed by atoms with van der Waals surface area (Å²) in [6.07, 6.45) is -1.09. The van der Waals surface area contributed by atoms with Crippen LogP contribution in [0.25, 0.3) is 0 Å². The summed E-state index contributed by atoms with van der Waals surface area (Å²) in [5.41, 5.74) is -0.806. The Balaban J connectivity index is 2.61. The van der Waals surface area contributed by atoms with Crippen LogP contribution in [0.4, 0.5) is 10.6 Å². The average Bonchev–Trinajstić information content (AvgIpc) is 2.55. The van der Waals surface area contributed by atoms with Crippen LogP contribution in [0.1, 0.15) is 20.8 Å². The van der Waals surface area contributed by atoms with Gasteiger partial charge in [0.2, 0.25) is 0 Å². The van der Waals surface area contributed by atoms with Crippen molar-refractivity contribution in [3.63, 3.8) is 0 Å². The molecule has 7 heteroatoms. The largest absolute Gasteiger partial charge is 0.465 e. The Morgan fingerprint density at radius 3 is 2.67 bits per heavy atom. The monoisotopic (exact) mass is 271 g/mol. The lowest BCUT2D eigenvalue weighted by Crippen LogP contribution is -2.44. The van der Waals surface area contributed by atoms with E-state index >= 15 is 0 Å². The molecule has 98 valence electrons. The van der Waals surface area contributed by atoms with Crippen molar-refractivity contribution in [2.24, 2.45) is 5.41 Å². The van der Waals surface area contributed by atoms with Crippen molar-refractivity contribution >= 4 is 23.5 Å². The van der Waals surface area contributed by atoms with Crippen molar-refractivity contribution in [3.05, 3.63) is 21.7 Å². The molecule has 0 fully saturated rings. The molecule has 18 heavy (non-hydrogen) atoms. The number of anilines is 1. The minimum Gasteiger partial charge on any atom is -0.465 e. The summed E-state index contributed by atoms with van der Waals surface area (Å²) >= 11 is 5.72. The number of nitrogens with zero attached hydrogens (tertiary/aromatic N) is 3. The Kier molecular flexibility index (Phi) is 2.85. The number of aromatic nitrogens is 2. The lowest BCUT2D eigenvalue weighted by Gasteiger charge is -2.32. The molecule has 1 aromatic heterocycles. The molecule has 1 aromatic rings. The van der Waals surface area contributed by atoms with E-state index in [2.05, 4.69) is 4.98 Å². The van der Waals surface area contributed by atoms with Gasteiger partial charge in [-0.1, -0.05) is 32.4 Å². The van der Waals surface area contributed by atoms with Crippen LogP contribution in [0.3, 0.4) is 0 Å². The maximum atomic E-state index is 11.7. The lowest BCUT2D eigenvalue weighted by atomic mass is 9.86. The molecule has 1 unspecified atom stereocenters. The van der Waals surface area contributed by atoms with Crippen LogP contribution < -0.4 is 10.6 Å². The minimum absolute atomic E-state index is 0.00654. The Hall–Kier alpha value is -1.56. The van der Waals surface area contributed by atoms with E-state index in [1.807, 2.05) is 20.8 Å². The molecule has 1 aliphatic rings. The fraction of sp³-hybridized carbons (Fsp3) is 0.545. The van der Waals surface area contributed by atoms with E-state index in [1.54, 1.807) is 0 Å². The maximum Gasteiger partial charge on any atom is 0.413 e. The van der Waals surface area contributed by atoms with Crippen molar-refractivity contribution in [2.75, 3.05) is 4.90 Å². The normalized spacial score (nSPS) is 18.9. The minimum atomic E-state index is -1.09. The van der Waals surface area contributed by atoms with Crippen LogP contribution >= 0.6 is 11.6 Å². The molecular weight excluding hydrogens is 258 g/mol. The zero-order chi connectivity index (χ0) is 13.7. The van der Waals surface area contributed by atoms with Gasteiger partial charge in [0, 0.05) is 6.07 Å². The third kappa shape index (κ3) is 1.96. The summed E-state index contributed by atoms with van der Waals surface area (Å²) in [6.45, 7) is 6.09. The molecule has 1 atom stereocenters. The fourth-order valence-corrected chi connectivity index (χ4v) is 2.31. The summed E-state index contributed by atoms with van der Waals surface area (Å²) in [6, 6.07) is 1.09. The van der Waals surface area contributed by atoms with Gasteiger partial charge >= 0.3 is 11.8 Å². The number of halogens is 1. The van der Waals surface area contributed by atoms with Crippen LogP contribution in [0.15, 0.2) is 10.9 Å². The molecule has 1 N–H and O–H groups in total. The molecule has 0 aromatic carbocycles. The number of hydrogen-bond donors (Lipinski definition) is 1. The standard InChI is InChI=1S/C11H14ClN3O3/c1-11(2,3)6-5-14-8(15(6)10(17)18)4-7(12)13-9(14)16/h4,6H,5H2,1-3H3,(H,17,18). The number of fused-ring (bicyclic) bond motifs is 1. The number of hydrogen-bond acceptors (Lipinski definition) is 3. The van der Waals surface area contributed by atoms with E-state index in [4.69, 9.17) is 11.6 Å². The molecule has 0 saturated carbocycles. The molecule has 1 amide bonds. The van der Waals surface area contributed by atoms with Gasteiger partial charge in [-0.15, -0.1) is 0 Å². The zero-order valence-electron chi connectivity index (χ0n) is 10.3. The van der Waals surface area contributed by atoms with Crippen molar-refractivity contribution < 1.29 is 9.90 Å². The summed E-state index contributed by atoms with van der Waals surface area (Å²) in [5.74, 6) is 0.285. The SMILES string of the molecule is CC(C)(C)C1Cn2c(cc(Cl)nc2=O)N1C(=O)O. The lowest BCUT2D eigenvalue weighted by molar-refractivity contribution is 0.190. The number of rotatable bonds is 0. The molecule has 0 spiro atoms. The third-order valence-electron chi connectivity index (χ3n) is 3.08. The molecule has 0 saturated heterocycles. The van der Waals surface area contributed by atoms with Gasteiger partial charge in [0.25, 0.3) is 0 Å². The van der Waals surface area contributed by atoms with Gasteiger partial charge in [-0.05, 0) is 5.41 Å². The molecule has 0 bridgehead atoms. The van der Waals surface area contributed by atoms with Crippen LogP contribution in [0.2, 0.25) is 5.15 Å². The first-order valence-electron chi connectivity index (χ1n) is 5.51. The van der Waals surface area contributed by atoms with E-state index in [0.29, 0.717) is 6.54 Å². The average molecular weight is 272 g/mol. The first kappa shape index (κ1) is 12.9. The molecule has 1 aliphatic heterocycles. The topological polar surface area (TPSA) is 75.4 Å². The molecule has 6 nitrogen and oxygen atoms in total. The predicted octanol–water partition coefficient (Wildman–Crippen LogP) is 1.81. The highest BCUT2D eigenvalue weighted by atomic mass is 35.5. The Morgan fingerprint density at radius 1 is 1.56 bits per heavy atom. The van der Waals surface area contributed by atoms with Gasteiger partial charge in [0.05, 0.1) is 12.6 Å². The summed E-state index contributed by atoms with van der Waals surface area (Å²) < 4.78 is 1.34. The third-order valence-corrected chi connectivity index (χ3v) is 3.27. The second kappa shape index (κ2) is 3.98. The first-order chi connectivity index (χ1) is 8.21. The van der Waals surface area contributed by atoms with Crippen LogP contribution in [-0.4, -0.2) is 26.8 Å². The van der Waals surface area contributed by atoms with E-state index in [-0.39, 0.29) is 22.4 Å². The summed E-state index contributed by atoms with van der Waals surface area (Å²) in [4.78, 5) is 27.9. The Morgan fingerprint density at radius 2 is 2.17 bits per heavy atom. The smallest absolute Gasteiger partial charge is 0.413 e. The Bertz CT molecular complexity index is 562. The van der Waals surface area contributed by atoms with Gasteiger partial charge in [-0.25, -0.2) is 9.59 Å². The van der Waals surface area contributed by atoms with Crippen molar-refractivity contribution in [2.45, 2.75) is 33.4 Å². The van der Waals surface area contributed by atoms with E-state index in [0.717, 1.165) is 0 Å². The fourth-order valence-electron chi connectivity index (χ4n) is 2.14. The van der Waals surface area contributed by atoms with Crippen molar-refractivity contribution in [3.8, 4) is 0 Å². The molecular formula is C11H14ClN3O3. The van der Waals surface area contributed by atoms with Crippen LogP contribution in [0.5, 0.6) is 0 Å². The van der Waals surface area contributed by atoms with E-state index in [9.17, 15) is 14.7 Å². The van der Waals surface area contributed by atoms with Crippen LogP contribution in [0, 0.1) is 5.41 Å². The van der Waals surface area contributed by atoms with Gasteiger partial charge < -0.3 is 5.11 Å². The van der Waals surface area contributed by atoms with Gasteiger partial charge in [0.1, 0.15) is 11.0 Å². The first-order valence-corrected chi connectivity index (χ1v) is 5.89. The van der Waals surface area contributed by atoms with Crippen LogP contribution in [-0.2, 0) is 6.54 Å². The number of carboxylic acid groups (broad SMARTS) is 1. The molecule has 0 aliphatic carbocycles. The van der Waals surface area contributed by atoms with Gasteiger partial charge in [-0.2, -0.15) is 4.98 Å². The number of amides is 1. The second-order valence-electron chi connectivity index (χ2n) is 5.36. The summed E-state index contributed by atoms with van der Waals surface area (Å²) in [7, 11) is 0. The van der Waals surface area contributed by atoms with Crippen molar-refractivity contribution in [1.29, 1.82) is 0 Å². The highest BCUT2D eigenvalue weighted by molar-refractivity contribution is 6.29. The molecule has 0 radical (unpaired) electrons. The van der Waals surface area contributed by atoms with Gasteiger partial charge in [-0.3, -0.25) is 9.47 Å². The zero-order valence-corrected chi connectivity index (χ0v) is 11.1. The predicted molar refractivity (Wildman–Crippen MR) is 67.3 cm³/mol. The van der Waals surface area contributed by atoms with Gasteiger partial charge in [0.15, 0.2) is 0 Å². The second-order valence-corrected chi connectivity index (χ2v) is 5.75. The molecule has 2 rings (SSSR count). The highest BCUT2D eigenvalue weighted by Crippen LogP contribution is 2.35. The van der Waals surface area contributed by atoms with Crippen molar-refractivity contribution in [1.82, 2.24) is 9.55 Å². The molecule has 2 heterocycles. The highest BCUT2D eigenvalue weighted by Gasteiger charge is 2.41.